The van der Waals surface area contributed by atoms with E-state index >= 15 is 0 Å². The van der Waals surface area contributed by atoms with Crippen LogP contribution < -0.4 is 10.6 Å². The van der Waals surface area contributed by atoms with Gasteiger partial charge in [0.1, 0.15) is 11.4 Å². The van der Waals surface area contributed by atoms with Gasteiger partial charge in [0.2, 0.25) is 0 Å². The van der Waals surface area contributed by atoms with Crippen molar-refractivity contribution in [2.45, 2.75) is 20.0 Å². The van der Waals surface area contributed by atoms with Gasteiger partial charge in [-0.15, -0.1) is 0 Å². The lowest BCUT2D eigenvalue weighted by Gasteiger charge is -2.05. The first-order chi connectivity index (χ1) is 13.3. The first kappa shape index (κ1) is 19.2. The fraction of sp³-hybridized carbons (Fsp3) is 0.333. The summed E-state index contributed by atoms with van der Waals surface area (Å²) in [6.45, 7) is 5.77. The number of nitrogens with zero attached hydrogens (tertiary/aromatic N) is 3. The number of aliphatic hydroxyl groups is 1. The molecular formula is C21H27N5O. The maximum Gasteiger partial charge on any atom is 0.117 e. The summed E-state index contributed by atoms with van der Waals surface area (Å²) in [5.41, 5.74) is 5.36. The third-order valence-corrected chi connectivity index (χ3v) is 4.28. The molecule has 27 heavy (non-hydrogen) atoms. The monoisotopic (exact) mass is 365 g/mol. The third kappa shape index (κ3) is 5.72. The van der Waals surface area contributed by atoms with Gasteiger partial charge in [-0.25, -0.2) is 0 Å². The summed E-state index contributed by atoms with van der Waals surface area (Å²) in [6, 6.07) is 18.6. The lowest BCUT2D eigenvalue weighted by atomic mass is 10.1. The molecule has 1 heterocycles. The molecule has 142 valence electrons. The molecule has 0 aliphatic carbocycles. The predicted octanol–water partition coefficient (Wildman–Crippen LogP) is 1.97. The standard InChI is InChI=1S/C21H27N5O/c1-17-7-9-18(10-8-17)16-26-24-20(15-23-12-11-22-13-14-27)21(25-26)19-5-3-2-4-6-19/h2-10,22-23,27H,11-16H2,1H3. The van der Waals surface area contributed by atoms with E-state index in [2.05, 4.69) is 54.0 Å². The normalized spacial score (nSPS) is 11.0. The molecule has 0 radical (unpaired) electrons. The van der Waals surface area contributed by atoms with Gasteiger partial charge < -0.3 is 15.7 Å². The van der Waals surface area contributed by atoms with Crippen molar-refractivity contribution in [3.63, 3.8) is 0 Å². The number of hydrogen-bond acceptors (Lipinski definition) is 5. The molecular weight excluding hydrogens is 338 g/mol. The zero-order chi connectivity index (χ0) is 18.9. The zero-order valence-corrected chi connectivity index (χ0v) is 15.7. The van der Waals surface area contributed by atoms with Crippen LogP contribution in [0.3, 0.4) is 0 Å². The number of aliphatic hydroxyl groups excluding tert-OH is 1. The third-order valence-electron chi connectivity index (χ3n) is 4.28. The number of aromatic nitrogens is 3. The van der Waals surface area contributed by atoms with Gasteiger partial charge in [-0.3, -0.25) is 0 Å². The van der Waals surface area contributed by atoms with Crippen LogP contribution in [0.25, 0.3) is 11.3 Å². The maximum atomic E-state index is 8.80. The van der Waals surface area contributed by atoms with E-state index in [-0.39, 0.29) is 6.61 Å². The minimum absolute atomic E-state index is 0.158. The molecule has 0 atom stereocenters. The molecule has 0 saturated carbocycles. The molecule has 3 rings (SSSR count). The summed E-state index contributed by atoms with van der Waals surface area (Å²) in [5.74, 6) is 0. The van der Waals surface area contributed by atoms with Crippen molar-refractivity contribution in [1.82, 2.24) is 25.6 Å². The average Bonchev–Trinajstić information content (AvgIpc) is 3.10. The predicted molar refractivity (Wildman–Crippen MR) is 107 cm³/mol. The van der Waals surface area contributed by atoms with E-state index in [0.29, 0.717) is 19.6 Å². The van der Waals surface area contributed by atoms with E-state index in [0.717, 1.165) is 30.0 Å². The molecule has 2 aromatic carbocycles. The molecule has 3 N–H and O–H groups in total. The maximum absolute atomic E-state index is 8.80. The molecule has 6 heteroatoms. The SMILES string of the molecule is Cc1ccc(Cn2nc(CNCCNCCO)c(-c3ccccc3)n2)cc1. The quantitative estimate of drug-likeness (QED) is 0.479. The summed E-state index contributed by atoms with van der Waals surface area (Å²) in [6.07, 6.45) is 0. The van der Waals surface area contributed by atoms with E-state index in [1.165, 1.54) is 11.1 Å². The van der Waals surface area contributed by atoms with Crippen molar-refractivity contribution in [1.29, 1.82) is 0 Å². The lowest BCUT2D eigenvalue weighted by Crippen LogP contribution is -2.29. The van der Waals surface area contributed by atoms with Crippen molar-refractivity contribution >= 4 is 0 Å². The molecule has 0 unspecified atom stereocenters. The van der Waals surface area contributed by atoms with E-state index in [9.17, 15) is 0 Å². The van der Waals surface area contributed by atoms with Gasteiger partial charge in [-0.05, 0) is 12.5 Å². The Labute approximate surface area is 160 Å². The molecule has 1 aromatic heterocycles. The Kier molecular flexibility index (Phi) is 7.10. The van der Waals surface area contributed by atoms with E-state index in [4.69, 9.17) is 15.3 Å². The van der Waals surface area contributed by atoms with Gasteiger partial charge in [0.25, 0.3) is 0 Å². The second kappa shape index (κ2) is 9.97. The highest BCUT2D eigenvalue weighted by Crippen LogP contribution is 2.20. The highest BCUT2D eigenvalue weighted by atomic mass is 16.3. The van der Waals surface area contributed by atoms with Crippen molar-refractivity contribution in [3.05, 3.63) is 71.4 Å². The van der Waals surface area contributed by atoms with Crippen LogP contribution in [0.1, 0.15) is 16.8 Å². The molecule has 0 aliphatic heterocycles. The van der Waals surface area contributed by atoms with Gasteiger partial charge >= 0.3 is 0 Å². The van der Waals surface area contributed by atoms with E-state index < -0.39 is 0 Å². The van der Waals surface area contributed by atoms with Gasteiger partial charge in [0.05, 0.1) is 13.2 Å². The number of benzene rings is 2. The number of rotatable bonds is 10. The molecule has 6 nitrogen and oxygen atoms in total. The second-order valence-electron chi connectivity index (χ2n) is 6.53. The first-order valence-corrected chi connectivity index (χ1v) is 9.33. The van der Waals surface area contributed by atoms with Crippen molar-refractivity contribution in [3.8, 4) is 11.3 Å². The van der Waals surface area contributed by atoms with E-state index in [1.54, 1.807) is 4.80 Å². The Hall–Kier alpha value is -2.54. The molecule has 0 amide bonds. The zero-order valence-electron chi connectivity index (χ0n) is 15.7. The molecule has 0 bridgehead atoms. The van der Waals surface area contributed by atoms with Crippen molar-refractivity contribution < 1.29 is 5.11 Å². The molecule has 0 aliphatic rings. The minimum Gasteiger partial charge on any atom is -0.395 e. The highest BCUT2D eigenvalue weighted by Gasteiger charge is 2.13. The van der Waals surface area contributed by atoms with Crippen LogP contribution in [0.15, 0.2) is 54.6 Å². The average molecular weight is 365 g/mol. The summed E-state index contributed by atoms with van der Waals surface area (Å²) in [7, 11) is 0. The Morgan fingerprint density at radius 3 is 2.37 bits per heavy atom. The van der Waals surface area contributed by atoms with Crippen LogP contribution in [0.4, 0.5) is 0 Å². The summed E-state index contributed by atoms with van der Waals surface area (Å²) in [5, 5.41) is 24.8. The Morgan fingerprint density at radius 2 is 1.63 bits per heavy atom. The number of aryl methyl sites for hydroxylation is 1. The Balaban J connectivity index is 1.71. The lowest BCUT2D eigenvalue weighted by molar-refractivity contribution is 0.292. The largest absolute Gasteiger partial charge is 0.395 e. The van der Waals surface area contributed by atoms with E-state index in [1.807, 2.05) is 18.2 Å². The first-order valence-electron chi connectivity index (χ1n) is 9.33. The topological polar surface area (TPSA) is 75.0 Å². The second-order valence-corrected chi connectivity index (χ2v) is 6.53. The van der Waals surface area contributed by atoms with Gasteiger partial charge in [-0.2, -0.15) is 15.0 Å². The summed E-state index contributed by atoms with van der Waals surface area (Å²) < 4.78 is 0. The molecule has 3 aromatic rings. The molecule has 0 saturated heterocycles. The van der Waals surface area contributed by atoms with Crippen LogP contribution in [-0.4, -0.2) is 46.3 Å². The van der Waals surface area contributed by atoms with Crippen molar-refractivity contribution in [2.75, 3.05) is 26.2 Å². The van der Waals surface area contributed by atoms with Gasteiger partial charge in [0.15, 0.2) is 0 Å². The van der Waals surface area contributed by atoms with Crippen molar-refractivity contribution in [2.24, 2.45) is 0 Å². The van der Waals surface area contributed by atoms with Crippen LogP contribution in [0, 0.1) is 6.92 Å². The molecule has 0 fully saturated rings. The summed E-state index contributed by atoms with van der Waals surface area (Å²) in [4.78, 5) is 1.77. The Bertz CT molecular complexity index is 814. The van der Waals surface area contributed by atoms with Crippen LogP contribution in [0.5, 0.6) is 0 Å². The Morgan fingerprint density at radius 1 is 0.889 bits per heavy atom. The van der Waals surface area contributed by atoms with Crippen LogP contribution in [0.2, 0.25) is 0 Å². The van der Waals surface area contributed by atoms with Crippen LogP contribution >= 0.6 is 0 Å². The smallest absolute Gasteiger partial charge is 0.117 e. The minimum atomic E-state index is 0.158. The van der Waals surface area contributed by atoms with Crippen LogP contribution in [-0.2, 0) is 13.1 Å². The van der Waals surface area contributed by atoms with Gasteiger partial charge in [-0.1, -0.05) is 60.2 Å². The highest BCUT2D eigenvalue weighted by molar-refractivity contribution is 5.60. The number of hydrogen-bond donors (Lipinski definition) is 3. The molecule has 0 spiro atoms. The fourth-order valence-corrected chi connectivity index (χ4v) is 2.84. The summed E-state index contributed by atoms with van der Waals surface area (Å²) >= 11 is 0. The number of nitrogens with one attached hydrogen (secondary N) is 2. The van der Waals surface area contributed by atoms with Gasteiger partial charge in [0, 0.05) is 31.7 Å². The fourth-order valence-electron chi connectivity index (χ4n) is 2.84.